The first kappa shape index (κ1) is 19.9. The van der Waals surface area contributed by atoms with Gasteiger partial charge in [-0.15, -0.1) is 11.3 Å². The molecule has 1 aliphatic rings. The smallest absolute Gasteiger partial charge is 0.317 e. The van der Waals surface area contributed by atoms with Crippen LogP contribution in [-0.2, 0) is 0 Å². The van der Waals surface area contributed by atoms with Crippen molar-refractivity contribution in [2.45, 2.75) is 26.3 Å². The topological polar surface area (TPSA) is 61.4 Å². The first-order valence-electron chi connectivity index (χ1n) is 9.63. The summed E-state index contributed by atoms with van der Waals surface area (Å²) >= 11 is 7.83. The van der Waals surface area contributed by atoms with Crippen LogP contribution in [0, 0.1) is 0 Å². The fourth-order valence-electron chi connectivity index (χ4n) is 3.36. The minimum Gasteiger partial charge on any atom is -0.352 e. The number of fused-ring (bicyclic) bond motifs is 1. The zero-order chi connectivity index (χ0) is 20.6. The summed E-state index contributed by atoms with van der Waals surface area (Å²) in [6.45, 7) is 8.71. The average molecular weight is 430 g/mol. The van der Waals surface area contributed by atoms with Crippen molar-refractivity contribution in [3.05, 3.63) is 40.7 Å². The summed E-state index contributed by atoms with van der Waals surface area (Å²) in [5.74, 6) is 1.60. The Hall–Kier alpha value is -2.38. The second-order valence-electron chi connectivity index (χ2n) is 8.16. The molecule has 1 aliphatic heterocycles. The molecule has 3 aromatic rings. The number of thiophene rings is 1. The normalized spacial score (nSPS) is 15.0. The maximum absolute atomic E-state index is 12.5. The summed E-state index contributed by atoms with van der Waals surface area (Å²) in [6, 6.07) is 9.73. The van der Waals surface area contributed by atoms with Crippen molar-refractivity contribution >= 4 is 45.7 Å². The van der Waals surface area contributed by atoms with Crippen molar-refractivity contribution in [1.82, 2.24) is 20.2 Å². The number of hydrogen-bond acceptors (Lipinski definition) is 5. The van der Waals surface area contributed by atoms with E-state index in [0.29, 0.717) is 23.9 Å². The highest BCUT2D eigenvalue weighted by atomic mass is 35.5. The van der Waals surface area contributed by atoms with Gasteiger partial charge in [-0.25, -0.2) is 14.8 Å². The number of carbonyl (C=O) groups excluding carboxylic acids is 1. The van der Waals surface area contributed by atoms with Gasteiger partial charge in [0.2, 0.25) is 0 Å². The number of carbonyl (C=O) groups is 1. The third-order valence-electron chi connectivity index (χ3n) is 4.73. The zero-order valence-electron chi connectivity index (χ0n) is 16.8. The third-order valence-corrected chi connectivity index (χ3v) is 5.83. The Bertz CT molecular complexity index is 1020. The molecule has 1 aromatic carbocycles. The van der Waals surface area contributed by atoms with Gasteiger partial charge in [0, 0.05) is 42.1 Å². The average Bonchev–Trinajstić information content (AvgIpc) is 3.20. The third kappa shape index (κ3) is 4.46. The van der Waals surface area contributed by atoms with E-state index in [0.717, 1.165) is 34.7 Å². The summed E-state index contributed by atoms with van der Waals surface area (Å²) in [5.41, 5.74) is 0.588. The Morgan fingerprint density at radius 1 is 1.14 bits per heavy atom. The summed E-state index contributed by atoms with van der Waals surface area (Å²) in [5, 5.41) is 6.69. The maximum atomic E-state index is 12.5. The van der Waals surface area contributed by atoms with Gasteiger partial charge in [0.1, 0.15) is 5.82 Å². The molecule has 6 nitrogen and oxygen atoms in total. The first-order valence-corrected chi connectivity index (χ1v) is 10.9. The lowest BCUT2D eigenvalue weighted by Gasteiger charge is -2.37. The van der Waals surface area contributed by atoms with Crippen LogP contribution >= 0.6 is 22.9 Å². The zero-order valence-corrected chi connectivity index (χ0v) is 18.3. The van der Waals surface area contributed by atoms with Crippen LogP contribution < -0.4 is 10.2 Å². The lowest BCUT2D eigenvalue weighted by molar-refractivity contribution is 0.185. The van der Waals surface area contributed by atoms with Crippen LogP contribution in [0.3, 0.4) is 0 Å². The quantitative estimate of drug-likeness (QED) is 0.644. The van der Waals surface area contributed by atoms with E-state index in [1.165, 1.54) is 0 Å². The lowest BCUT2D eigenvalue weighted by atomic mass is 10.1. The molecular formula is C21H24ClN5OS. The van der Waals surface area contributed by atoms with E-state index in [1.807, 2.05) is 61.4 Å². The van der Waals surface area contributed by atoms with Crippen molar-refractivity contribution in [2.75, 3.05) is 31.1 Å². The van der Waals surface area contributed by atoms with Crippen molar-refractivity contribution < 1.29 is 4.79 Å². The van der Waals surface area contributed by atoms with E-state index in [1.54, 1.807) is 11.3 Å². The Balaban J connectivity index is 1.62. The van der Waals surface area contributed by atoms with Crippen LogP contribution in [0.15, 0.2) is 35.7 Å². The van der Waals surface area contributed by atoms with Crippen molar-refractivity contribution in [2.24, 2.45) is 0 Å². The molecule has 0 radical (unpaired) electrons. The molecule has 0 atom stereocenters. The van der Waals surface area contributed by atoms with Gasteiger partial charge in [-0.05, 0) is 50.4 Å². The molecule has 1 fully saturated rings. The molecule has 3 heterocycles. The second-order valence-corrected chi connectivity index (χ2v) is 9.55. The number of anilines is 1. The molecular weight excluding hydrogens is 406 g/mol. The minimum atomic E-state index is -0.244. The van der Waals surface area contributed by atoms with E-state index in [9.17, 15) is 4.79 Å². The molecule has 4 rings (SSSR count). The number of hydrogen-bond donors (Lipinski definition) is 1. The van der Waals surface area contributed by atoms with Gasteiger partial charge in [0.05, 0.1) is 10.4 Å². The summed E-state index contributed by atoms with van der Waals surface area (Å²) in [6.07, 6.45) is 0. The molecule has 0 saturated carbocycles. The number of urea groups is 1. The van der Waals surface area contributed by atoms with Gasteiger partial charge in [-0.3, -0.25) is 0 Å². The molecule has 2 amide bonds. The lowest BCUT2D eigenvalue weighted by Crippen LogP contribution is -2.55. The molecule has 1 N–H and O–H groups in total. The monoisotopic (exact) mass is 429 g/mol. The van der Waals surface area contributed by atoms with Crippen LogP contribution in [-0.4, -0.2) is 52.6 Å². The molecule has 1 saturated heterocycles. The Labute approximate surface area is 179 Å². The summed E-state index contributed by atoms with van der Waals surface area (Å²) < 4.78 is 0. The van der Waals surface area contributed by atoms with E-state index in [-0.39, 0.29) is 11.6 Å². The van der Waals surface area contributed by atoms with Crippen LogP contribution in [0.4, 0.5) is 10.6 Å². The van der Waals surface area contributed by atoms with Gasteiger partial charge in [-0.2, -0.15) is 0 Å². The number of aromatic nitrogens is 2. The number of nitrogens with one attached hydrogen (secondary N) is 1. The largest absolute Gasteiger partial charge is 0.352 e. The molecule has 0 bridgehead atoms. The molecule has 0 aliphatic carbocycles. The highest BCUT2D eigenvalue weighted by Gasteiger charge is 2.26. The molecule has 2 aromatic heterocycles. The van der Waals surface area contributed by atoms with Crippen molar-refractivity contribution in [1.29, 1.82) is 0 Å². The van der Waals surface area contributed by atoms with E-state index in [4.69, 9.17) is 21.6 Å². The van der Waals surface area contributed by atoms with Crippen LogP contribution in [0.1, 0.15) is 20.8 Å². The number of amides is 2. The predicted octanol–water partition coefficient (Wildman–Crippen LogP) is 4.64. The van der Waals surface area contributed by atoms with Crippen LogP contribution in [0.2, 0.25) is 5.02 Å². The second kappa shape index (κ2) is 7.80. The Morgan fingerprint density at radius 3 is 2.55 bits per heavy atom. The Morgan fingerprint density at radius 2 is 1.90 bits per heavy atom. The first-order chi connectivity index (χ1) is 13.8. The van der Waals surface area contributed by atoms with Gasteiger partial charge >= 0.3 is 6.03 Å². The summed E-state index contributed by atoms with van der Waals surface area (Å²) in [7, 11) is 0. The minimum absolute atomic E-state index is 0.0178. The van der Waals surface area contributed by atoms with E-state index < -0.39 is 0 Å². The number of halogens is 1. The van der Waals surface area contributed by atoms with E-state index >= 15 is 0 Å². The van der Waals surface area contributed by atoms with Gasteiger partial charge in [0.15, 0.2) is 5.82 Å². The fourth-order valence-corrected chi connectivity index (χ4v) is 4.19. The van der Waals surface area contributed by atoms with Crippen molar-refractivity contribution in [3.8, 4) is 10.7 Å². The standard InChI is InChI=1S/C21H24ClN5OS/c1-21(2,3)25-20(28)27-10-8-26(9-11-27)19-15-7-6-14(22)13-16(15)23-18(24-19)17-5-4-12-29-17/h4-7,12-13H,8-11H2,1-3H3,(H,25,28). The summed E-state index contributed by atoms with van der Waals surface area (Å²) in [4.78, 5) is 27.2. The Kier molecular flexibility index (Phi) is 5.36. The predicted molar refractivity (Wildman–Crippen MR) is 120 cm³/mol. The molecule has 0 unspecified atom stereocenters. The number of piperazine rings is 1. The molecule has 152 valence electrons. The van der Waals surface area contributed by atoms with Gasteiger partial charge < -0.3 is 15.1 Å². The molecule has 29 heavy (non-hydrogen) atoms. The highest BCUT2D eigenvalue weighted by molar-refractivity contribution is 7.13. The molecule has 8 heteroatoms. The van der Waals surface area contributed by atoms with Crippen molar-refractivity contribution in [3.63, 3.8) is 0 Å². The number of benzene rings is 1. The fraction of sp³-hybridized carbons (Fsp3) is 0.381. The maximum Gasteiger partial charge on any atom is 0.317 e. The van der Waals surface area contributed by atoms with E-state index in [2.05, 4.69) is 10.2 Å². The number of nitrogens with zero attached hydrogens (tertiary/aromatic N) is 4. The number of rotatable bonds is 2. The van der Waals surface area contributed by atoms with Gasteiger partial charge in [0.25, 0.3) is 0 Å². The SMILES string of the molecule is CC(C)(C)NC(=O)N1CCN(c2nc(-c3cccs3)nc3cc(Cl)ccc23)CC1. The van der Waals surface area contributed by atoms with Crippen LogP contribution in [0.25, 0.3) is 21.6 Å². The van der Waals surface area contributed by atoms with Crippen LogP contribution in [0.5, 0.6) is 0 Å². The highest BCUT2D eigenvalue weighted by Crippen LogP contribution is 2.31. The van der Waals surface area contributed by atoms with Gasteiger partial charge in [-0.1, -0.05) is 17.7 Å². The molecule has 0 spiro atoms.